The van der Waals surface area contributed by atoms with Crippen LogP contribution in [0.2, 0.25) is 0 Å². The molecule has 0 saturated heterocycles. The van der Waals surface area contributed by atoms with E-state index in [1.54, 1.807) is 0 Å². The van der Waals surface area contributed by atoms with Gasteiger partial charge in [-0.15, -0.1) is 0 Å². The predicted octanol–water partition coefficient (Wildman–Crippen LogP) is 4.89. The van der Waals surface area contributed by atoms with Crippen LogP contribution in [-0.2, 0) is 0 Å². The quantitative estimate of drug-likeness (QED) is 0.638. The van der Waals surface area contributed by atoms with Gasteiger partial charge in [-0.2, -0.15) is 0 Å². The molecule has 0 rings (SSSR count). The summed E-state index contributed by atoms with van der Waals surface area (Å²) in [6, 6.07) is 0. The number of hydrogen-bond acceptors (Lipinski definition) is 0. The molecular formula is C6H9Br2Cl3. The molecule has 0 aromatic heterocycles. The van der Waals surface area contributed by atoms with Crippen molar-refractivity contribution in [3.63, 3.8) is 0 Å². The van der Waals surface area contributed by atoms with Gasteiger partial charge in [0.1, 0.15) is 0 Å². The predicted molar refractivity (Wildman–Crippen MR) is 60.3 cm³/mol. The molecule has 0 saturated carbocycles. The summed E-state index contributed by atoms with van der Waals surface area (Å²) in [6.45, 7) is 2.06. The zero-order valence-corrected chi connectivity index (χ0v) is 11.4. The highest BCUT2D eigenvalue weighted by Gasteiger charge is 2.35. The number of halogens is 5. The molecule has 0 aliphatic rings. The molecule has 0 fully saturated rings. The lowest BCUT2D eigenvalue weighted by atomic mass is 10.1. The largest absolute Gasteiger partial charge is 0.195 e. The van der Waals surface area contributed by atoms with E-state index in [9.17, 15) is 0 Å². The van der Waals surface area contributed by atoms with E-state index >= 15 is 0 Å². The van der Waals surface area contributed by atoms with Gasteiger partial charge in [-0.05, 0) is 6.42 Å². The molecule has 0 aliphatic carbocycles. The standard InChI is InChI=1S/C6H9Br2Cl3/c1-2-3-4(5(7)8)6(9,10)11/h4-5H,2-3H2,1H3. The minimum absolute atomic E-state index is 0.0116. The molecule has 0 N–H and O–H groups in total. The molecule has 0 amide bonds. The van der Waals surface area contributed by atoms with Crippen LogP contribution in [0.3, 0.4) is 0 Å². The first-order valence-electron chi connectivity index (χ1n) is 3.24. The molecule has 11 heavy (non-hydrogen) atoms. The van der Waals surface area contributed by atoms with E-state index < -0.39 is 3.79 Å². The fraction of sp³-hybridized carbons (Fsp3) is 1.00. The lowest BCUT2D eigenvalue weighted by Crippen LogP contribution is -2.24. The number of alkyl halides is 5. The fourth-order valence-corrected chi connectivity index (χ4v) is 3.68. The second kappa shape index (κ2) is 5.54. The van der Waals surface area contributed by atoms with Gasteiger partial charge < -0.3 is 0 Å². The van der Waals surface area contributed by atoms with Crippen molar-refractivity contribution in [3.05, 3.63) is 0 Å². The van der Waals surface area contributed by atoms with Gasteiger partial charge in [0.05, 0.1) is 3.74 Å². The molecule has 5 heteroatoms. The highest BCUT2D eigenvalue weighted by molar-refractivity contribution is 9.24. The van der Waals surface area contributed by atoms with Gasteiger partial charge in [-0.1, -0.05) is 80.0 Å². The SMILES string of the molecule is CCCC(C(Br)Br)C(Cl)(Cl)Cl. The first-order valence-corrected chi connectivity index (χ1v) is 6.21. The molecule has 0 aromatic rings. The monoisotopic (exact) mass is 344 g/mol. The van der Waals surface area contributed by atoms with Gasteiger partial charge in [0, 0.05) is 5.92 Å². The molecule has 0 nitrogen and oxygen atoms in total. The zero-order valence-electron chi connectivity index (χ0n) is 5.96. The normalized spacial score (nSPS) is 15.5. The molecule has 1 atom stereocenters. The van der Waals surface area contributed by atoms with Crippen molar-refractivity contribution < 1.29 is 0 Å². The van der Waals surface area contributed by atoms with Crippen molar-refractivity contribution in [1.29, 1.82) is 0 Å². The minimum Gasteiger partial charge on any atom is -0.0833 e. The van der Waals surface area contributed by atoms with Crippen molar-refractivity contribution >= 4 is 66.7 Å². The van der Waals surface area contributed by atoms with E-state index in [-0.39, 0.29) is 9.65 Å². The Labute approximate surface area is 99.2 Å². The summed E-state index contributed by atoms with van der Waals surface area (Å²) in [6.07, 6.45) is 1.89. The summed E-state index contributed by atoms with van der Waals surface area (Å²) in [7, 11) is 0. The van der Waals surface area contributed by atoms with Crippen LogP contribution in [-0.4, -0.2) is 7.53 Å². The Kier molecular flexibility index (Phi) is 6.46. The van der Waals surface area contributed by atoms with Gasteiger partial charge in [-0.3, -0.25) is 0 Å². The van der Waals surface area contributed by atoms with Crippen LogP contribution in [0.1, 0.15) is 19.8 Å². The van der Waals surface area contributed by atoms with Crippen LogP contribution in [0.4, 0.5) is 0 Å². The van der Waals surface area contributed by atoms with Crippen molar-refractivity contribution in [2.24, 2.45) is 5.92 Å². The molecule has 0 aromatic carbocycles. The number of hydrogen-bond donors (Lipinski definition) is 0. The van der Waals surface area contributed by atoms with Crippen LogP contribution < -0.4 is 0 Å². The molecule has 0 aliphatic heterocycles. The zero-order chi connectivity index (χ0) is 9.07. The van der Waals surface area contributed by atoms with Gasteiger partial charge in [-0.25, -0.2) is 0 Å². The fourth-order valence-electron chi connectivity index (χ4n) is 0.744. The van der Waals surface area contributed by atoms with Crippen molar-refractivity contribution in [2.45, 2.75) is 27.3 Å². The Morgan fingerprint density at radius 2 is 1.73 bits per heavy atom. The second-order valence-electron chi connectivity index (χ2n) is 2.27. The van der Waals surface area contributed by atoms with E-state index in [0.29, 0.717) is 0 Å². The Hall–Kier alpha value is 1.83. The van der Waals surface area contributed by atoms with E-state index in [2.05, 4.69) is 38.8 Å². The van der Waals surface area contributed by atoms with Crippen LogP contribution in [0.15, 0.2) is 0 Å². The van der Waals surface area contributed by atoms with Gasteiger partial charge in [0.2, 0.25) is 0 Å². The van der Waals surface area contributed by atoms with Gasteiger partial charge in [0.15, 0.2) is 3.79 Å². The summed E-state index contributed by atoms with van der Waals surface area (Å²) in [5.41, 5.74) is 0. The lowest BCUT2D eigenvalue weighted by molar-refractivity contribution is 0.534. The van der Waals surface area contributed by atoms with Crippen LogP contribution in [0, 0.1) is 5.92 Å². The molecule has 1 unspecified atom stereocenters. The van der Waals surface area contributed by atoms with Gasteiger partial charge >= 0.3 is 0 Å². The minimum atomic E-state index is -1.19. The Morgan fingerprint density at radius 3 is 1.82 bits per heavy atom. The first kappa shape index (κ1) is 12.8. The molecular weight excluding hydrogens is 338 g/mol. The average Bonchev–Trinajstić information content (AvgIpc) is 1.79. The van der Waals surface area contributed by atoms with E-state index in [1.165, 1.54) is 0 Å². The molecule has 0 heterocycles. The summed E-state index contributed by atoms with van der Waals surface area (Å²) in [4.78, 5) is 0. The molecule has 0 bridgehead atoms. The highest BCUT2D eigenvalue weighted by atomic mass is 79.9. The van der Waals surface area contributed by atoms with Crippen LogP contribution >= 0.6 is 66.7 Å². The maximum atomic E-state index is 5.74. The third-order valence-electron chi connectivity index (χ3n) is 1.32. The van der Waals surface area contributed by atoms with E-state index in [1.807, 2.05) is 0 Å². The highest BCUT2D eigenvalue weighted by Crippen LogP contribution is 2.43. The third kappa shape index (κ3) is 5.20. The van der Waals surface area contributed by atoms with Crippen molar-refractivity contribution in [3.8, 4) is 0 Å². The summed E-state index contributed by atoms with van der Waals surface area (Å²) in [5, 5.41) is 0. The third-order valence-corrected chi connectivity index (χ3v) is 3.44. The van der Waals surface area contributed by atoms with E-state index in [4.69, 9.17) is 34.8 Å². The smallest absolute Gasteiger partial charge is 0.0833 e. The Morgan fingerprint density at radius 1 is 1.27 bits per heavy atom. The van der Waals surface area contributed by atoms with Crippen molar-refractivity contribution in [1.82, 2.24) is 0 Å². The molecule has 0 spiro atoms. The Bertz CT molecular complexity index is 111. The topological polar surface area (TPSA) is 0 Å². The maximum Gasteiger partial charge on any atom is 0.195 e. The summed E-state index contributed by atoms with van der Waals surface area (Å²) < 4.78 is -1.13. The number of rotatable bonds is 3. The second-order valence-corrected chi connectivity index (χ2v) is 7.84. The summed E-state index contributed by atoms with van der Waals surface area (Å²) >= 11 is 23.9. The van der Waals surface area contributed by atoms with Gasteiger partial charge in [0.25, 0.3) is 0 Å². The lowest BCUT2D eigenvalue weighted by Gasteiger charge is -2.25. The molecule has 0 radical (unpaired) electrons. The molecule has 68 valence electrons. The van der Waals surface area contributed by atoms with Crippen LogP contribution in [0.5, 0.6) is 0 Å². The van der Waals surface area contributed by atoms with Crippen molar-refractivity contribution in [2.75, 3.05) is 0 Å². The first-order chi connectivity index (χ1) is 4.89. The maximum absolute atomic E-state index is 5.74. The summed E-state index contributed by atoms with van der Waals surface area (Å²) in [5.74, 6) is 0.0116. The average molecular weight is 347 g/mol. The van der Waals surface area contributed by atoms with E-state index in [0.717, 1.165) is 12.8 Å². The van der Waals surface area contributed by atoms with Crippen LogP contribution in [0.25, 0.3) is 0 Å². The Balaban J connectivity index is 4.10.